The van der Waals surface area contributed by atoms with Crippen molar-refractivity contribution in [2.24, 2.45) is 5.73 Å². The highest BCUT2D eigenvalue weighted by atomic mass is 32.2. The second-order valence-electron chi connectivity index (χ2n) is 6.54. The lowest BCUT2D eigenvalue weighted by Gasteiger charge is -2.15. The number of aliphatic carboxylic acids is 1. The number of thioether (sulfide) groups is 1. The molecule has 0 aliphatic rings. The van der Waals surface area contributed by atoms with Gasteiger partial charge in [-0.05, 0) is 48.0 Å². The van der Waals surface area contributed by atoms with E-state index in [1.165, 1.54) is 17.8 Å². The maximum Gasteiger partial charge on any atom is 0.316 e. The number of nitrogens with one attached hydrogen (secondary N) is 2. The first-order chi connectivity index (χ1) is 14.9. The molecule has 0 fully saturated rings. The zero-order valence-corrected chi connectivity index (χ0v) is 17.1. The summed E-state index contributed by atoms with van der Waals surface area (Å²) in [6.45, 7) is 0. The molecular formula is C22H20N4O4S. The Hall–Kier alpha value is -3.85. The van der Waals surface area contributed by atoms with Crippen LogP contribution in [0.15, 0.2) is 78.0 Å². The second kappa shape index (κ2) is 10.3. The molecule has 3 aromatic rings. The van der Waals surface area contributed by atoms with Gasteiger partial charge in [-0.3, -0.25) is 14.6 Å². The molecule has 0 radical (unpaired) electrons. The van der Waals surface area contributed by atoms with Crippen molar-refractivity contribution in [3.63, 3.8) is 0 Å². The Morgan fingerprint density at radius 2 is 1.74 bits per heavy atom. The normalized spacial score (nSPS) is 11.4. The van der Waals surface area contributed by atoms with Crippen LogP contribution in [0.5, 0.6) is 0 Å². The van der Waals surface area contributed by atoms with Crippen LogP contribution in [0.3, 0.4) is 0 Å². The van der Waals surface area contributed by atoms with Gasteiger partial charge in [-0.2, -0.15) is 0 Å². The third kappa shape index (κ3) is 6.58. The highest BCUT2D eigenvalue weighted by Crippen LogP contribution is 2.38. The molecule has 31 heavy (non-hydrogen) atoms. The number of hydrogen-bond donors (Lipinski definition) is 4. The molecule has 0 saturated heterocycles. The molecule has 0 aliphatic carbocycles. The van der Waals surface area contributed by atoms with Crippen molar-refractivity contribution < 1.29 is 19.5 Å². The number of primary amides is 1. The summed E-state index contributed by atoms with van der Waals surface area (Å²) in [6.07, 6.45) is 3.22. The van der Waals surface area contributed by atoms with Crippen molar-refractivity contribution in [3.8, 4) is 0 Å². The minimum atomic E-state index is -0.907. The highest BCUT2D eigenvalue weighted by Gasteiger charge is 2.18. The Kier molecular flexibility index (Phi) is 7.23. The molecule has 3 rings (SSSR count). The number of amides is 3. The van der Waals surface area contributed by atoms with E-state index in [1.54, 1.807) is 54.9 Å². The van der Waals surface area contributed by atoms with Crippen LogP contribution >= 0.6 is 11.8 Å². The van der Waals surface area contributed by atoms with Gasteiger partial charge in [0.2, 0.25) is 0 Å². The molecule has 0 spiro atoms. The van der Waals surface area contributed by atoms with Crippen LogP contribution < -0.4 is 16.4 Å². The molecule has 158 valence electrons. The van der Waals surface area contributed by atoms with Crippen LogP contribution in [0.2, 0.25) is 0 Å². The summed E-state index contributed by atoms with van der Waals surface area (Å²) in [5.74, 6) is -1.26. The smallest absolute Gasteiger partial charge is 0.316 e. The molecule has 1 unspecified atom stereocenters. The van der Waals surface area contributed by atoms with E-state index in [9.17, 15) is 19.5 Å². The van der Waals surface area contributed by atoms with E-state index in [0.29, 0.717) is 16.9 Å². The predicted octanol–water partition coefficient (Wildman–Crippen LogP) is 4.13. The summed E-state index contributed by atoms with van der Waals surface area (Å²) in [4.78, 5) is 39.8. The first-order valence-electron chi connectivity index (χ1n) is 9.27. The average molecular weight is 436 g/mol. The van der Waals surface area contributed by atoms with Crippen LogP contribution in [-0.4, -0.2) is 28.0 Å². The van der Waals surface area contributed by atoms with Crippen LogP contribution in [0.25, 0.3) is 0 Å². The lowest BCUT2D eigenvalue weighted by Crippen LogP contribution is -2.19. The van der Waals surface area contributed by atoms with Gasteiger partial charge in [-0.25, -0.2) is 4.79 Å². The number of pyridine rings is 1. The molecule has 0 bridgehead atoms. The maximum absolute atomic E-state index is 12.6. The summed E-state index contributed by atoms with van der Waals surface area (Å²) < 4.78 is 0. The van der Waals surface area contributed by atoms with E-state index >= 15 is 0 Å². The van der Waals surface area contributed by atoms with Crippen LogP contribution in [0.4, 0.5) is 16.2 Å². The van der Waals surface area contributed by atoms with Crippen LogP contribution in [0, 0.1) is 0 Å². The van der Waals surface area contributed by atoms with Gasteiger partial charge in [0.1, 0.15) is 0 Å². The maximum atomic E-state index is 12.6. The first-order valence-corrected chi connectivity index (χ1v) is 10.1. The molecule has 1 atom stereocenters. The number of nitrogens with two attached hydrogens (primary N) is 1. The zero-order chi connectivity index (χ0) is 22.2. The standard InChI is InChI=1S/C22H20N4O4S/c23-22(30)26-16-6-1-4-14(10-16)21(29)25-17-7-2-8-18(11-17)31-19(12-20(27)28)15-5-3-9-24-13-15/h1-11,13,19H,12H2,(H,25,29)(H,27,28)(H3,23,26,30). The molecule has 3 amide bonds. The van der Waals surface area contributed by atoms with Crippen LogP contribution in [0.1, 0.15) is 27.6 Å². The molecule has 5 N–H and O–H groups in total. The van der Waals surface area contributed by atoms with Gasteiger partial charge in [-0.15, -0.1) is 11.8 Å². The number of aromatic nitrogens is 1. The number of carboxylic acid groups (broad SMARTS) is 1. The monoisotopic (exact) mass is 436 g/mol. The van der Waals surface area contributed by atoms with Gasteiger partial charge in [0.25, 0.3) is 5.91 Å². The largest absolute Gasteiger partial charge is 0.481 e. The topological polar surface area (TPSA) is 134 Å². The van der Waals surface area contributed by atoms with E-state index in [0.717, 1.165) is 10.5 Å². The summed E-state index contributed by atoms with van der Waals surface area (Å²) in [7, 11) is 0. The lowest BCUT2D eigenvalue weighted by atomic mass is 10.1. The van der Waals surface area contributed by atoms with Gasteiger partial charge >= 0.3 is 12.0 Å². The quantitative estimate of drug-likeness (QED) is 0.392. The number of nitrogens with zero attached hydrogens (tertiary/aromatic N) is 1. The number of carbonyl (C=O) groups is 3. The fourth-order valence-corrected chi connectivity index (χ4v) is 4.03. The van der Waals surface area contributed by atoms with Gasteiger partial charge in [-0.1, -0.05) is 18.2 Å². The minimum absolute atomic E-state index is 0.0629. The van der Waals surface area contributed by atoms with Crippen molar-refractivity contribution in [1.29, 1.82) is 0 Å². The molecule has 9 heteroatoms. The fourth-order valence-electron chi connectivity index (χ4n) is 2.85. The Bertz CT molecular complexity index is 1090. The van der Waals surface area contributed by atoms with E-state index in [-0.39, 0.29) is 17.6 Å². The Balaban J connectivity index is 1.74. The number of benzene rings is 2. The fraction of sp³-hybridized carbons (Fsp3) is 0.0909. The first kappa shape index (κ1) is 21.8. The summed E-state index contributed by atoms with van der Waals surface area (Å²) >= 11 is 1.38. The van der Waals surface area contributed by atoms with Crippen molar-refractivity contribution >= 4 is 41.0 Å². The number of hydrogen-bond acceptors (Lipinski definition) is 5. The highest BCUT2D eigenvalue weighted by molar-refractivity contribution is 7.99. The zero-order valence-electron chi connectivity index (χ0n) is 16.3. The third-order valence-corrected chi connectivity index (χ3v) is 5.43. The van der Waals surface area contributed by atoms with Gasteiger partial charge in [0.15, 0.2) is 0 Å². The number of carboxylic acids is 1. The molecule has 2 aromatic carbocycles. The van der Waals surface area contributed by atoms with Crippen molar-refractivity contribution in [2.45, 2.75) is 16.6 Å². The molecule has 0 saturated carbocycles. The lowest BCUT2D eigenvalue weighted by molar-refractivity contribution is -0.137. The SMILES string of the molecule is NC(=O)Nc1cccc(C(=O)Nc2cccc(SC(CC(=O)O)c3cccnc3)c2)c1. The summed E-state index contributed by atoms with van der Waals surface area (Å²) in [6, 6.07) is 16.4. The molecule has 1 heterocycles. The van der Waals surface area contributed by atoms with Crippen molar-refractivity contribution in [3.05, 3.63) is 84.2 Å². The Morgan fingerprint density at radius 3 is 2.42 bits per heavy atom. The van der Waals surface area contributed by atoms with E-state index in [1.807, 2.05) is 12.1 Å². The van der Waals surface area contributed by atoms with Gasteiger partial charge < -0.3 is 21.5 Å². The Morgan fingerprint density at radius 1 is 1.00 bits per heavy atom. The summed E-state index contributed by atoms with van der Waals surface area (Å²) in [5.41, 5.74) is 7.24. The van der Waals surface area contributed by atoms with E-state index in [4.69, 9.17) is 5.73 Å². The Labute approximate surface area is 182 Å². The molecule has 0 aliphatic heterocycles. The molecule has 1 aromatic heterocycles. The predicted molar refractivity (Wildman–Crippen MR) is 119 cm³/mol. The van der Waals surface area contributed by atoms with Crippen molar-refractivity contribution in [2.75, 3.05) is 10.6 Å². The van der Waals surface area contributed by atoms with Crippen LogP contribution in [-0.2, 0) is 4.79 Å². The van der Waals surface area contributed by atoms with Gasteiger partial charge in [0.05, 0.1) is 6.42 Å². The number of rotatable bonds is 8. The van der Waals surface area contributed by atoms with E-state index < -0.39 is 12.0 Å². The number of anilines is 2. The molecular weight excluding hydrogens is 416 g/mol. The summed E-state index contributed by atoms with van der Waals surface area (Å²) in [5, 5.41) is 14.2. The van der Waals surface area contributed by atoms with Crippen molar-refractivity contribution in [1.82, 2.24) is 4.98 Å². The molecule has 8 nitrogen and oxygen atoms in total. The number of carbonyl (C=O) groups excluding carboxylic acids is 2. The van der Waals surface area contributed by atoms with E-state index in [2.05, 4.69) is 15.6 Å². The number of urea groups is 1. The van der Waals surface area contributed by atoms with Gasteiger partial charge in [0, 0.05) is 39.5 Å². The average Bonchev–Trinajstić information content (AvgIpc) is 2.73. The third-order valence-electron chi connectivity index (χ3n) is 4.18. The minimum Gasteiger partial charge on any atom is -0.481 e. The second-order valence-corrected chi connectivity index (χ2v) is 7.82.